The molecule has 1 atom stereocenters. The highest BCUT2D eigenvalue weighted by Crippen LogP contribution is 2.25. The number of aromatic nitrogens is 1. The van der Waals surface area contributed by atoms with E-state index in [9.17, 15) is 0 Å². The van der Waals surface area contributed by atoms with Crippen LogP contribution >= 0.6 is 24.0 Å². The number of halogens is 1. The number of ether oxygens (including phenoxy) is 1. The fourth-order valence-electron chi connectivity index (χ4n) is 2.53. The molecule has 7 heteroatoms. The van der Waals surface area contributed by atoms with Crippen LogP contribution in [0.25, 0.3) is 0 Å². The number of rotatable bonds is 7. The number of hydrogen-bond acceptors (Lipinski definition) is 4. The first kappa shape index (κ1) is 22.3. The number of aliphatic imine (C=N–C) groups is 1. The Labute approximate surface area is 172 Å². The first-order valence-electron chi connectivity index (χ1n) is 8.63. The van der Waals surface area contributed by atoms with Gasteiger partial charge in [0, 0.05) is 19.0 Å². The van der Waals surface area contributed by atoms with Gasteiger partial charge in [0.15, 0.2) is 5.96 Å². The lowest BCUT2D eigenvalue weighted by atomic mass is 10.0. The molecule has 1 unspecified atom stereocenters. The zero-order chi connectivity index (χ0) is 18.2. The van der Waals surface area contributed by atoms with E-state index in [1.165, 1.54) is 5.56 Å². The van der Waals surface area contributed by atoms with Crippen LogP contribution in [0.2, 0.25) is 0 Å². The molecule has 2 rings (SSSR count). The van der Waals surface area contributed by atoms with Gasteiger partial charge in [-0.2, -0.15) is 0 Å². The van der Waals surface area contributed by atoms with Crippen LogP contribution in [0.15, 0.2) is 33.7 Å². The zero-order valence-electron chi connectivity index (χ0n) is 16.1. The minimum Gasteiger partial charge on any atom is -0.496 e. The maximum Gasteiger partial charge on any atom is 0.216 e. The molecule has 0 spiro atoms. The molecule has 6 nitrogen and oxygen atoms in total. The molecule has 26 heavy (non-hydrogen) atoms. The third kappa shape index (κ3) is 6.19. The maximum absolute atomic E-state index is 5.58. The molecule has 0 aliphatic carbocycles. The standard InChI is InChI=1S/C19H28N4O2.HI/c1-6-20-19(22-12-18-23-14(3)15(4)25-18)21-11-13(2)16-9-7-8-10-17(16)24-5;/h7-10,13H,6,11-12H2,1-5H3,(H2,20,21,22);1H. The summed E-state index contributed by atoms with van der Waals surface area (Å²) < 4.78 is 11.0. The summed E-state index contributed by atoms with van der Waals surface area (Å²) in [5.74, 6) is 3.41. The van der Waals surface area contributed by atoms with Crippen LogP contribution in [0.4, 0.5) is 0 Å². The number of para-hydroxylation sites is 1. The number of nitrogens with zero attached hydrogens (tertiary/aromatic N) is 2. The highest BCUT2D eigenvalue weighted by molar-refractivity contribution is 14.0. The summed E-state index contributed by atoms with van der Waals surface area (Å²) >= 11 is 0. The molecule has 0 aliphatic heterocycles. The molecule has 0 amide bonds. The summed E-state index contributed by atoms with van der Waals surface area (Å²) in [6.07, 6.45) is 0. The van der Waals surface area contributed by atoms with Gasteiger partial charge in [0.25, 0.3) is 0 Å². The molecule has 0 saturated heterocycles. The SMILES string of the molecule is CCNC(=NCc1nc(C)c(C)o1)NCC(C)c1ccccc1OC.I. The summed E-state index contributed by atoms with van der Waals surface area (Å²) in [4.78, 5) is 8.92. The van der Waals surface area contributed by atoms with Crippen LogP contribution in [0.5, 0.6) is 5.75 Å². The van der Waals surface area contributed by atoms with Crippen molar-refractivity contribution >= 4 is 29.9 Å². The minimum absolute atomic E-state index is 0. The number of oxazole rings is 1. The van der Waals surface area contributed by atoms with Crippen molar-refractivity contribution in [2.24, 2.45) is 4.99 Å². The van der Waals surface area contributed by atoms with Crippen molar-refractivity contribution in [3.8, 4) is 5.75 Å². The van der Waals surface area contributed by atoms with Crippen LogP contribution in [0, 0.1) is 13.8 Å². The molecule has 1 heterocycles. The first-order chi connectivity index (χ1) is 12.0. The lowest BCUT2D eigenvalue weighted by Crippen LogP contribution is -2.39. The van der Waals surface area contributed by atoms with E-state index >= 15 is 0 Å². The quantitative estimate of drug-likeness (QED) is 0.365. The van der Waals surface area contributed by atoms with Gasteiger partial charge in [-0.25, -0.2) is 9.98 Å². The van der Waals surface area contributed by atoms with Gasteiger partial charge < -0.3 is 19.8 Å². The summed E-state index contributed by atoms with van der Waals surface area (Å²) in [6, 6.07) is 8.08. The Morgan fingerprint density at radius 1 is 1.27 bits per heavy atom. The van der Waals surface area contributed by atoms with E-state index in [2.05, 4.69) is 33.6 Å². The molecule has 144 valence electrons. The number of benzene rings is 1. The number of hydrogen-bond donors (Lipinski definition) is 2. The van der Waals surface area contributed by atoms with Crippen molar-refractivity contribution in [1.82, 2.24) is 15.6 Å². The highest BCUT2D eigenvalue weighted by atomic mass is 127. The molecule has 0 saturated carbocycles. The van der Waals surface area contributed by atoms with Crippen molar-refractivity contribution < 1.29 is 9.15 Å². The van der Waals surface area contributed by atoms with E-state index in [0.717, 1.165) is 36.3 Å². The van der Waals surface area contributed by atoms with Crippen molar-refractivity contribution in [3.63, 3.8) is 0 Å². The van der Waals surface area contributed by atoms with Gasteiger partial charge in [0.2, 0.25) is 5.89 Å². The molecular formula is C19H29IN4O2. The molecule has 0 radical (unpaired) electrons. The Morgan fingerprint density at radius 2 is 2.00 bits per heavy atom. The average Bonchev–Trinajstić information content (AvgIpc) is 2.95. The predicted molar refractivity (Wildman–Crippen MR) is 116 cm³/mol. The molecule has 0 bridgehead atoms. The molecule has 2 N–H and O–H groups in total. The van der Waals surface area contributed by atoms with Gasteiger partial charge in [0.05, 0.1) is 12.8 Å². The van der Waals surface area contributed by atoms with Crippen LogP contribution < -0.4 is 15.4 Å². The summed E-state index contributed by atoms with van der Waals surface area (Å²) in [6.45, 7) is 10.00. The molecule has 1 aromatic carbocycles. The van der Waals surface area contributed by atoms with Gasteiger partial charge in [-0.1, -0.05) is 25.1 Å². The molecule has 2 aromatic rings. The smallest absolute Gasteiger partial charge is 0.216 e. The number of methoxy groups -OCH3 is 1. The molecule has 0 aliphatic rings. The number of aryl methyl sites for hydroxylation is 2. The normalized spacial score (nSPS) is 12.3. The third-order valence-electron chi connectivity index (χ3n) is 4.04. The molecule has 1 aromatic heterocycles. The Hall–Kier alpha value is -1.77. The second-order valence-electron chi connectivity index (χ2n) is 5.97. The van der Waals surface area contributed by atoms with Gasteiger partial charge in [0.1, 0.15) is 18.1 Å². The molecule has 0 fully saturated rings. The van der Waals surface area contributed by atoms with E-state index in [0.29, 0.717) is 12.4 Å². The van der Waals surface area contributed by atoms with Crippen molar-refractivity contribution in [2.75, 3.05) is 20.2 Å². The Morgan fingerprint density at radius 3 is 2.62 bits per heavy atom. The number of nitrogens with one attached hydrogen (secondary N) is 2. The Kier molecular flexibility index (Phi) is 9.47. The Balaban J connectivity index is 0.00000338. The zero-order valence-corrected chi connectivity index (χ0v) is 18.5. The fraction of sp³-hybridized carbons (Fsp3) is 0.474. The average molecular weight is 472 g/mol. The van der Waals surface area contributed by atoms with Gasteiger partial charge >= 0.3 is 0 Å². The van der Waals surface area contributed by atoms with Crippen molar-refractivity contribution in [2.45, 2.75) is 40.2 Å². The van der Waals surface area contributed by atoms with E-state index in [4.69, 9.17) is 9.15 Å². The lowest BCUT2D eigenvalue weighted by molar-refractivity contribution is 0.406. The predicted octanol–water partition coefficient (Wildman–Crippen LogP) is 3.78. The van der Waals surface area contributed by atoms with Gasteiger partial charge in [-0.15, -0.1) is 24.0 Å². The fourth-order valence-corrected chi connectivity index (χ4v) is 2.53. The van der Waals surface area contributed by atoms with Gasteiger partial charge in [-0.3, -0.25) is 0 Å². The van der Waals surface area contributed by atoms with Crippen LogP contribution in [-0.4, -0.2) is 31.1 Å². The van der Waals surface area contributed by atoms with E-state index < -0.39 is 0 Å². The van der Waals surface area contributed by atoms with Crippen molar-refractivity contribution in [3.05, 3.63) is 47.2 Å². The highest BCUT2D eigenvalue weighted by Gasteiger charge is 2.12. The second-order valence-corrected chi connectivity index (χ2v) is 5.97. The van der Waals surface area contributed by atoms with E-state index in [1.54, 1.807) is 7.11 Å². The van der Waals surface area contributed by atoms with Gasteiger partial charge in [-0.05, 0) is 32.4 Å². The van der Waals surface area contributed by atoms with Crippen LogP contribution in [0.3, 0.4) is 0 Å². The van der Waals surface area contributed by atoms with Crippen molar-refractivity contribution in [1.29, 1.82) is 0 Å². The van der Waals surface area contributed by atoms with Crippen LogP contribution in [0.1, 0.15) is 42.7 Å². The van der Waals surface area contributed by atoms with Crippen LogP contribution in [-0.2, 0) is 6.54 Å². The third-order valence-corrected chi connectivity index (χ3v) is 4.04. The van der Waals surface area contributed by atoms with E-state index in [-0.39, 0.29) is 29.9 Å². The second kappa shape index (κ2) is 11.1. The summed E-state index contributed by atoms with van der Waals surface area (Å²) in [5, 5.41) is 6.62. The monoisotopic (exact) mass is 472 g/mol. The lowest BCUT2D eigenvalue weighted by Gasteiger charge is -2.18. The maximum atomic E-state index is 5.58. The minimum atomic E-state index is 0. The number of guanidine groups is 1. The summed E-state index contributed by atoms with van der Waals surface area (Å²) in [7, 11) is 1.70. The topological polar surface area (TPSA) is 71.7 Å². The van der Waals surface area contributed by atoms with E-state index in [1.807, 2.05) is 39.0 Å². The largest absolute Gasteiger partial charge is 0.496 e. The summed E-state index contributed by atoms with van der Waals surface area (Å²) in [5.41, 5.74) is 2.08. The Bertz CT molecular complexity index is 696. The molecular weight excluding hydrogens is 443 g/mol. The first-order valence-corrected chi connectivity index (χ1v) is 8.63.